The third-order valence-corrected chi connectivity index (χ3v) is 4.21. The number of hydrogen-bond donors (Lipinski definition) is 1. The Labute approximate surface area is 96.7 Å². The molecule has 0 radical (unpaired) electrons. The van der Waals surface area contributed by atoms with Gasteiger partial charge in [-0.15, -0.1) is 0 Å². The third kappa shape index (κ3) is 3.38. The summed E-state index contributed by atoms with van der Waals surface area (Å²) >= 11 is 1.87. The Morgan fingerprint density at radius 2 is 2.33 bits per heavy atom. The molecular weight excluding hydrogens is 206 g/mol. The van der Waals surface area contributed by atoms with Crippen LogP contribution in [0.5, 0.6) is 0 Å². The van der Waals surface area contributed by atoms with Crippen molar-refractivity contribution in [2.45, 2.75) is 38.3 Å². The lowest BCUT2D eigenvalue weighted by molar-refractivity contribution is 0.334. The zero-order valence-electron chi connectivity index (χ0n) is 9.70. The van der Waals surface area contributed by atoms with Gasteiger partial charge in [-0.25, -0.2) is 0 Å². The fourth-order valence-electron chi connectivity index (χ4n) is 1.76. The largest absolute Gasteiger partial charge is 0.361 e. The van der Waals surface area contributed by atoms with Gasteiger partial charge in [0.1, 0.15) is 0 Å². The van der Waals surface area contributed by atoms with Gasteiger partial charge in [-0.05, 0) is 26.3 Å². The van der Waals surface area contributed by atoms with Crippen LogP contribution in [0.2, 0.25) is 0 Å². The fraction of sp³-hybridized carbons (Fsp3) is 0.909. The molecule has 2 rings (SSSR count). The van der Waals surface area contributed by atoms with Crippen molar-refractivity contribution in [1.29, 1.82) is 0 Å². The zero-order chi connectivity index (χ0) is 10.7. The normalized spacial score (nSPS) is 28.7. The number of rotatable bonds is 5. The van der Waals surface area contributed by atoms with Crippen LogP contribution < -0.4 is 5.32 Å². The molecule has 0 amide bonds. The van der Waals surface area contributed by atoms with Gasteiger partial charge in [-0.1, -0.05) is 18.7 Å². The minimum Gasteiger partial charge on any atom is -0.361 e. The number of nitrogens with one attached hydrogen (secondary N) is 1. The van der Waals surface area contributed by atoms with Crippen LogP contribution in [-0.2, 0) is 0 Å². The topological polar surface area (TPSA) is 27.6 Å². The Hall–Kier alpha value is -0.220. The number of aliphatic imine (C=N–C) groups is 1. The second kappa shape index (κ2) is 5.21. The van der Waals surface area contributed by atoms with Crippen LogP contribution in [0.25, 0.3) is 0 Å². The smallest absolute Gasteiger partial charge is 0.156 e. The summed E-state index contributed by atoms with van der Waals surface area (Å²) in [7, 11) is 2.21. The van der Waals surface area contributed by atoms with Crippen molar-refractivity contribution in [2.24, 2.45) is 4.99 Å². The average Bonchev–Trinajstić information content (AvgIpc) is 2.99. The summed E-state index contributed by atoms with van der Waals surface area (Å²) < 4.78 is 0. The molecule has 0 spiro atoms. The summed E-state index contributed by atoms with van der Waals surface area (Å²) in [6, 6.07) is 1.51. The molecule has 1 unspecified atom stereocenters. The van der Waals surface area contributed by atoms with Crippen molar-refractivity contribution in [3.63, 3.8) is 0 Å². The first-order valence-corrected chi connectivity index (χ1v) is 6.92. The maximum atomic E-state index is 4.60. The van der Waals surface area contributed by atoms with E-state index in [4.69, 9.17) is 0 Å². The van der Waals surface area contributed by atoms with E-state index in [0.29, 0.717) is 6.04 Å². The number of hydrogen-bond acceptors (Lipinski definition) is 3. The molecule has 1 atom stereocenters. The Balaban J connectivity index is 1.65. The van der Waals surface area contributed by atoms with Crippen LogP contribution in [0, 0.1) is 0 Å². The summed E-state index contributed by atoms with van der Waals surface area (Å²) in [4.78, 5) is 7.03. The van der Waals surface area contributed by atoms with Gasteiger partial charge in [-0.3, -0.25) is 4.99 Å². The van der Waals surface area contributed by atoms with E-state index in [9.17, 15) is 0 Å². The SMILES string of the molecule is CCC1CSC(=NCCN(C)C2CC2)N1. The molecule has 1 saturated heterocycles. The van der Waals surface area contributed by atoms with Crippen LogP contribution in [0.1, 0.15) is 26.2 Å². The first kappa shape index (κ1) is 11.3. The predicted octanol–water partition coefficient (Wildman–Crippen LogP) is 1.55. The van der Waals surface area contributed by atoms with E-state index in [-0.39, 0.29) is 0 Å². The van der Waals surface area contributed by atoms with E-state index in [1.54, 1.807) is 0 Å². The summed E-state index contributed by atoms with van der Waals surface area (Å²) in [6.45, 7) is 4.27. The first-order chi connectivity index (χ1) is 7.29. The van der Waals surface area contributed by atoms with Gasteiger partial charge in [0.2, 0.25) is 0 Å². The highest BCUT2D eigenvalue weighted by atomic mass is 32.2. The van der Waals surface area contributed by atoms with Gasteiger partial charge >= 0.3 is 0 Å². The predicted molar refractivity (Wildman–Crippen MR) is 67.6 cm³/mol. The molecule has 0 bridgehead atoms. The van der Waals surface area contributed by atoms with Gasteiger partial charge < -0.3 is 10.2 Å². The average molecular weight is 227 g/mol. The monoisotopic (exact) mass is 227 g/mol. The second-order valence-electron chi connectivity index (χ2n) is 4.46. The third-order valence-electron chi connectivity index (χ3n) is 3.12. The highest BCUT2D eigenvalue weighted by Gasteiger charge is 2.25. The number of nitrogens with zero attached hydrogens (tertiary/aromatic N) is 2. The van der Waals surface area contributed by atoms with Crippen LogP contribution >= 0.6 is 11.8 Å². The summed E-state index contributed by atoms with van der Waals surface area (Å²) in [6.07, 6.45) is 3.98. The maximum absolute atomic E-state index is 4.60. The minimum absolute atomic E-state index is 0.648. The van der Waals surface area contributed by atoms with E-state index in [2.05, 4.69) is 29.2 Å². The standard InChI is InChI=1S/C11H21N3S/c1-3-9-8-15-11(13-9)12-6-7-14(2)10-4-5-10/h9-10H,3-8H2,1-2H3,(H,12,13). The Bertz CT molecular complexity index is 238. The van der Waals surface area contributed by atoms with Crippen LogP contribution in [-0.4, -0.2) is 48.0 Å². The van der Waals surface area contributed by atoms with Crippen molar-refractivity contribution < 1.29 is 0 Å². The van der Waals surface area contributed by atoms with E-state index >= 15 is 0 Å². The van der Waals surface area contributed by atoms with E-state index in [0.717, 1.165) is 24.3 Å². The zero-order valence-corrected chi connectivity index (χ0v) is 10.5. The van der Waals surface area contributed by atoms with Crippen molar-refractivity contribution >= 4 is 16.9 Å². The summed E-state index contributed by atoms with van der Waals surface area (Å²) in [5, 5.41) is 4.61. The summed E-state index contributed by atoms with van der Waals surface area (Å²) in [5.74, 6) is 1.19. The molecule has 1 aliphatic heterocycles. The molecule has 1 N–H and O–H groups in total. The maximum Gasteiger partial charge on any atom is 0.156 e. The second-order valence-corrected chi connectivity index (χ2v) is 5.47. The number of likely N-dealkylation sites (N-methyl/N-ethyl adjacent to an activating group) is 1. The molecule has 15 heavy (non-hydrogen) atoms. The van der Waals surface area contributed by atoms with E-state index in [1.807, 2.05) is 11.8 Å². The molecule has 86 valence electrons. The molecule has 2 fully saturated rings. The lowest BCUT2D eigenvalue weighted by Crippen LogP contribution is -2.27. The van der Waals surface area contributed by atoms with Crippen LogP contribution in [0.15, 0.2) is 4.99 Å². The lowest BCUT2D eigenvalue weighted by Gasteiger charge is -2.13. The van der Waals surface area contributed by atoms with Crippen molar-refractivity contribution in [3.8, 4) is 0 Å². The van der Waals surface area contributed by atoms with Crippen molar-refractivity contribution in [3.05, 3.63) is 0 Å². The highest BCUT2D eigenvalue weighted by Crippen LogP contribution is 2.24. The van der Waals surface area contributed by atoms with Crippen LogP contribution in [0.3, 0.4) is 0 Å². The molecule has 2 aliphatic rings. The molecule has 0 aromatic carbocycles. The first-order valence-electron chi connectivity index (χ1n) is 5.93. The Morgan fingerprint density at radius 1 is 1.53 bits per heavy atom. The fourth-order valence-corrected chi connectivity index (χ4v) is 2.87. The minimum atomic E-state index is 0.648. The number of amidine groups is 1. The molecule has 1 aliphatic carbocycles. The van der Waals surface area contributed by atoms with Gasteiger partial charge in [0.25, 0.3) is 0 Å². The highest BCUT2D eigenvalue weighted by molar-refractivity contribution is 8.14. The van der Waals surface area contributed by atoms with Gasteiger partial charge in [0.15, 0.2) is 5.17 Å². The lowest BCUT2D eigenvalue weighted by atomic mass is 10.3. The molecule has 3 nitrogen and oxygen atoms in total. The molecular formula is C11H21N3S. The molecule has 4 heteroatoms. The van der Waals surface area contributed by atoms with Gasteiger partial charge in [0.05, 0.1) is 6.54 Å². The Kier molecular flexibility index (Phi) is 3.92. The number of thioether (sulfide) groups is 1. The van der Waals surface area contributed by atoms with Crippen molar-refractivity contribution in [1.82, 2.24) is 10.2 Å². The summed E-state index contributed by atoms with van der Waals surface area (Å²) in [5.41, 5.74) is 0. The molecule has 0 aromatic rings. The van der Waals surface area contributed by atoms with Crippen molar-refractivity contribution in [2.75, 3.05) is 25.9 Å². The molecule has 1 heterocycles. The van der Waals surface area contributed by atoms with E-state index in [1.165, 1.54) is 25.0 Å². The molecule has 1 saturated carbocycles. The van der Waals surface area contributed by atoms with Gasteiger partial charge in [0, 0.05) is 24.4 Å². The van der Waals surface area contributed by atoms with E-state index < -0.39 is 0 Å². The molecule has 0 aromatic heterocycles. The van der Waals surface area contributed by atoms with Crippen LogP contribution in [0.4, 0.5) is 0 Å². The quantitative estimate of drug-likeness (QED) is 0.772. The van der Waals surface area contributed by atoms with Gasteiger partial charge in [-0.2, -0.15) is 0 Å². The Morgan fingerprint density at radius 3 is 2.93 bits per heavy atom.